The Bertz CT molecular complexity index is 607. The lowest BCUT2D eigenvalue weighted by Gasteiger charge is -2.39. The molecule has 7 heteroatoms. The molecule has 1 aliphatic heterocycles. The van der Waals surface area contributed by atoms with Gasteiger partial charge in [0.25, 0.3) is 0 Å². The zero-order valence-electron chi connectivity index (χ0n) is 12.6. The van der Waals surface area contributed by atoms with Crippen LogP contribution in [0.5, 0.6) is 5.75 Å². The van der Waals surface area contributed by atoms with E-state index in [4.69, 9.17) is 15.6 Å². The third kappa shape index (κ3) is 3.30. The van der Waals surface area contributed by atoms with E-state index in [0.717, 1.165) is 17.1 Å². The van der Waals surface area contributed by atoms with Crippen molar-refractivity contribution in [2.24, 2.45) is 10.7 Å². The Balaban J connectivity index is 2.05. The van der Waals surface area contributed by atoms with Gasteiger partial charge in [-0.15, -0.1) is 0 Å². The summed E-state index contributed by atoms with van der Waals surface area (Å²) in [6, 6.07) is 5.85. The Morgan fingerprint density at radius 3 is 2.82 bits per heavy atom. The number of hydrogen-bond acceptors (Lipinski definition) is 6. The SMILES string of the molecule is CNc1ccc(N2CC(N=C(C=CN)C(=O)O)C2)cc1OC. The Morgan fingerprint density at radius 1 is 1.55 bits per heavy atom. The summed E-state index contributed by atoms with van der Waals surface area (Å²) in [6.07, 6.45) is 2.49. The van der Waals surface area contributed by atoms with Crippen molar-refractivity contribution in [2.45, 2.75) is 6.04 Å². The van der Waals surface area contributed by atoms with Crippen LogP contribution in [0.2, 0.25) is 0 Å². The van der Waals surface area contributed by atoms with E-state index >= 15 is 0 Å². The van der Waals surface area contributed by atoms with Gasteiger partial charge in [0.15, 0.2) is 0 Å². The molecule has 7 nitrogen and oxygen atoms in total. The van der Waals surface area contributed by atoms with Crippen LogP contribution in [0, 0.1) is 0 Å². The smallest absolute Gasteiger partial charge is 0.354 e. The van der Waals surface area contributed by atoms with Crippen molar-refractivity contribution in [1.29, 1.82) is 0 Å². The first-order valence-electron chi connectivity index (χ1n) is 6.89. The van der Waals surface area contributed by atoms with Gasteiger partial charge in [-0.25, -0.2) is 4.79 Å². The number of carboxylic acids is 1. The van der Waals surface area contributed by atoms with Crippen LogP contribution in [-0.4, -0.2) is 50.1 Å². The number of aliphatic imine (C=N–C) groups is 1. The number of hydrogen-bond donors (Lipinski definition) is 3. The van der Waals surface area contributed by atoms with E-state index in [-0.39, 0.29) is 11.8 Å². The molecule has 1 aliphatic rings. The summed E-state index contributed by atoms with van der Waals surface area (Å²) in [5.41, 5.74) is 7.15. The van der Waals surface area contributed by atoms with Gasteiger partial charge in [0.1, 0.15) is 11.5 Å². The molecule has 0 unspecified atom stereocenters. The highest BCUT2D eigenvalue weighted by Gasteiger charge is 2.28. The van der Waals surface area contributed by atoms with Crippen LogP contribution >= 0.6 is 0 Å². The van der Waals surface area contributed by atoms with Crippen molar-refractivity contribution >= 4 is 23.1 Å². The first-order chi connectivity index (χ1) is 10.6. The molecule has 0 bridgehead atoms. The molecule has 0 aliphatic carbocycles. The van der Waals surface area contributed by atoms with Crippen molar-refractivity contribution in [1.82, 2.24) is 0 Å². The zero-order valence-corrected chi connectivity index (χ0v) is 12.6. The number of benzene rings is 1. The minimum atomic E-state index is -1.07. The fourth-order valence-electron chi connectivity index (χ4n) is 2.29. The maximum Gasteiger partial charge on any atom is 0.354 e. The molecular weight excluding hydrogens is 284 g/mol. The summed E-state index contributed by atoms with van der Waals surface area (Å²) in [5.74, 6) is -0.301. The molecule has 2 rings (SSSR count). The van der Waals surface area contributed by atoms with Crippen molar-refractivity contribution in [3.8, 4) is 5.75 Å². The van der Waals surface area contributed by atoms with Gasteiger partial charge in [0.05, 0.1) is 18.8 Å². The summed E-state index contributed by atoms with van der Waals surface area (Å²) in [5, 5.41) is 12.1. The van der Waals surface area contributed by atoms with Crippen LogP contribution in [0.3, 0.4) is 0 Å². The van der Waals surface area contributed by atoms with Crippen LogP contribution < -0.4 is 20.7 Å². The molecule has 1 saturated heterocycles. The molecule has 1 aromatic rings. The number of carbonyl (C=O) groups is 1. The second-order valence-electron chi connectivity index (χ2n) is 4.87. The highest BCUT2D eigenvalue weighted by atomic mass is 16.5. The highest BCUT2D eigenvalue weighted by molar-refractivity contribution is 6.40. The average molecular weight is 304 g/mol. The summed E-state index contributed by atoms with van der Waals surface area (Å²) in [7, 11) is 3.46. The molecule has 1 aromatic carbocycles. The van der Waals surface area contributed by atoms with Gasteiger partial charge in [-0.05, 0) is 24.4 Å². The number of methoxy groups -OCH3 is 1. The Kier molecular flexibility index (Phi) is 4.88. The molecule has 0 aromatic heterocycles. The molecule has 0 amide bonds. The Morgan fingerprint density at radius 2 is 2.27 bits per heavy atom. The summed E-state index contributed by atoms with van der Waals surface area (Å²) < 4.78 is 5.33. The largest absolute Gasteiger partial charge is 0.495 e. The van der Waals surface area contributed by atoms with Gasteiger partial charge in [0.2, 0.25) is 0 Å². The predicted octanol–water partition coefficient (Wildman–Crippen LogP) is 0.923. The lowest BCUT2D eigenvalue weighted by Crippen LogP contribution is -2.50. The number of rotatable bonds is 6. The predicted molar refractivity (Wildman–Crippen MR) is 86.9 cm³/mol. The average Bonchev–Trinajstić information content (AvgIpc) is 2.48. The maximum absolute atomic E-state index is 11.0. The molecule has 0 spiro atoms. The van der Waals surface area contributed by atoms with Gasteiger partial charge in [-0.1, -0.05) is 0 Å². The van der Waals surface area contributed by atoms with E-state index in [1.807, 2.05) is 25.2 Å². The van der Waals surface area contributed by atoms with Gasteiger partial charge >= 0.3 is 5.97 Å². The number of nitrogens with one attached hydrogen (secondary N) is 1. The van der Waals surface area contributed by atoms with Gasteiger partial charge in [-0.2, -0.15) is 0 Å². The molecule has 118 valence electrons. The summed E-state index contributed by atoms with van der Waals surface area (Å²) >= 11 is 0. The number of nitrogens with zero attached hydrogens (tertiary/aromatic N) is 2. The number of nitrogens with two attached hydrogens (primary N) is 1. The molecule has 0 radical (unpaired) electrons. The van der Waals surface area contributed by atoms with Crippen LogP contribution in [0.25, 0.3) is 0 Å². The van der Waals surface area contributed by atoms with E-state index in [0.29, 0.717) is 13.1 Å². The van der Waals surface area contributed by atoms with Crippen LogP contribution in [0.1, 0.15) is 0 Å². The lowest BCUT2D eigenvalue weighted by atomic mass is 10.1. The fraction of sp³-hybridized carbons (Fsp3) is 0.333. The molecule has 1 fully saturated rings. The van der Waals surface area contributed by atoms with E-state index < -0.39 is 5.97 Å². The Hall–Kier alpha value is -2.70. The number of aliphatic carboxylic acids is 1. The minimum absolute atomic E-state index is 0.0183. The number of carboxylic acid groups (broad SMARTS) is 1. The third-order valence-corrected chi connectivity index (χ3v) is 3.48. The molecule has 0 atom stereocenters. The van der Waals surface area contributed by atoms with Crippen LogP contribution in [0.15, 0.2) is 35.5 Å². The van der Waals surface area contributed by atoms with Crippen molar-refractivity contribution in [3.63, 3.8) is 0 Å². The first-order valence-corrected chi connectivity index (χ1v) is 6.89. The summed E-state index contributed by atoms with van der Waals surface area (Å²) in [6.45, 7) is 1.33. The lowest BCUT2D eigenvalue weighted by molar-refractivity contribution is -0.129. The van der Waals surface area contributed by atoms with E-state index in [9.17, 15) is 4.79 Å². The van der Waals surface area contributed by atoms with Crippen LogP contribution in [-0.2, 0) is 4.79 Å². The quantitative estimate of drug-likeness (QED) is 0.676. The van der Waals surface area contributed by atoms with Crippen molar-refractivity contribution < 1.29 is 14.6 Å². The van der Waals surface area contributed by atoms with Crippen molar-refractivity contribution in [2.75, 3.05) is 37.5 Å². The first kappa shape index (κ1) is 15.7. The third-order valence-electron chi connectivity index (χ3n) is 3.48. The molecule has 22 heavy (non-hydrogen) atoms. The zero-order chi connectivity index (χ0) is 16.1. The van der Waals surface area contributed by atoms with Gasteiger partial charge in [-0.3, -0.25) is 4.99 Å². The second-order valence-corrected chi connectivity index (χ2v) is 4.87. The Labute approximate surface area is 129 Å². The van der Waals surface area contributed by atoms with E-state index in [1.165, 1.54) is 12.3 Å². The molecule has 4 N–H and O–H groups in total. The maximum atomic E-state index is 11.0. The van der Waals surface area contributed by atoms with E-state index in [1.54, 1.807) is 7.11 Å². The van der Waals surface area contributed by atoms with Gasteiger partial charge < -0.3 is 25.8 Å². The van der Waals surface area contributed by atoms with Crippen LogP contribution in [0.4, 0.5) is 11.4 Å². The molecular formula is C15H20N4O3. The second kappa shape index (κ2) is 6.84. The molecule has 0 saturated carbocycles. The topological polar surface area (TPSA) is 100 Å². The van der Waals surface area contributed by atoms with E-state index in [2.05, 4.69) is 15.2 Å². The summed E-state index contributed by atoms with van der Waals surface area (Å²) in [4.78, 5) is 17.3. The molecule has 1 heterocycles. The fourth-order valence-corrected chi connectivity index (χ4v) is 2.29. The highest BCUT2D eigenvalue weighted by Crippen LogP contribution is 2.31. The van der Waals surface area contributed by atoms with Gasteiger partial charge in [0, 0.05) is 31.9 Å². The number of ether oxygens (including phenoxy) is 1. The standard InChI is InChI=1S/C15H20N4O3/c1-17-12-4-3-11(7-14(12)22-2)19-8-10(9-19)18-13(5-6-16)15(20)21/h3-7,10,17H,8-9,16H2,1-2H3,(H,20,21). The normalized spacial score (nSPS) is 15.7. The monoisotopic (exact) mass is 304 g/mol. The minimum Gasteiger partial charge on any atom is -0.495 e. The van der Waals surface area contributed by atoms with Crippen molar-refractivity contribution in [3.05, 3.63) is 30.5 Å². The number of anilines is 2.